The molecule has 2 aliphatic heterocycles. The predicted molar refractivity (Wildman–Crippen MR) is 107 cm³/mol. The molecular formula is C20H31N3O5S. The smallest absolute Gasteiger partial charge is 0.325 e. The monoisotopic (exact) mass is 425 g/mol. The number of urea groups is 1. The van der Waals surface area contributed by atoms with Crippen LogP contribution in [0.1, 0.15) is 64.7 Å². The maximum atomic E-state index is 13.3. The van der Waals surface area contributed by atoms with E-state index in [0.29, 0.717) is 12.8 Å². The van der Waals surface area contributed by atoms with E-state index < -0.39 is 21.4 Å². The van der Waals surface area contributed by atoms with Crippen LogP contribution in [-0.4, -0.2) is 71.7 Å². The van der Waals surface area contributed by atoms with Crippen LogP contribution < -0.4 is 5.32 Å². The van der Waals surface area contributed by atoms with Gasteiger partial charge in [0.05, 0.1) is 11.5 Å². The molecule has 2 heterocycles. The molecular weight excluding hydrogens is 394 g/mol. The van der Waals surface area contributed by atoms with Crippen molar-refractivity contribution in [3.63, 3.8) is 0 Å². The summed E-state index contributed by atoms with van der Waals surface area (Å²) < 4.78 is 24.0. The number of carbonyl (C=O) groups excluding carboxylic acids is 3. The second-order valence-corrected chi connectivity index (χ2v) is 11.5. The van der Waals surface area contributed by atoms with Crippen molar-refractivity contribution < 1.29 is 22.8 Å². The lowest BCUT2D eigenvalue weighted by molar-refractivity contribution is -0.143. The Morgan fingerprint density at radius 1 is 1.10 bits per heavy atom. The van der Waals surface area contributed by atoms with Crippen molar-refractivity contribution >= 4 is 27.7 Å². The number of sulfone groups is 1. The maximum Gasteiger partial charge on any atom is 0.325 e. The van der Waals surface area contributed by atoms with Gasteiger partial charge >= 0.3 is 6.03 Å². The van der Waals surface area contributed by atoms with Crippen LogP contribution in [-0.2, 0) is 19.4 Å². The van der Waals surface area contributed by atoms with Crippen LogP contribution in [0.3, 0.4) is 0 Å². The number of imide groups is 1. The number of carbonyl (C=O) groups is 3. The normalized spacial score (nSPS) is 34.7. The molecule has 4 fully saturated rings. The molecule has 4 amide bonds. The Bertz CT molecular complexity index is 807. The molecule has 8 nitrogen and oxygen atoms in total. The highest BCUT2D eigenvalue weighted by atomic mass is 32.2. The SMILES string of the molecule is C[C@@H]1CCCC[C@]12NC(=O)N(CC(=O)N(C1CCCC1)[C@@H]1CCS(=O)(=O)C1)C2=O. The van der Waals surface area contributed by atoms with Crippen molar-refractivity contribution in [2.75, 3.05) is 18.1 Å². The molecule has 0 radical (unpaired) electrons. The summed E-state index contributed by atoms with van der Waals surface area (Å²) in [7, 11) is -3.14. The average Bonchev–Trinajstić information content (AvgIpc) is 3.35. The lowest BCUT2D eigenvalue weighted by Gasteiger charge is -2.37. The van der Waals surface area contributed by atoms with Gasteiger partial charge in [0.1, 0.15) is 12.1 Å². The second kappa shape index (κ2) is 7.56. The van der Waals surface area contributed by atoms with Crippen LogP contribution in [0, 0.1) is 5.92 Å². The summed E-state index contributed by atoms with van der Waals surface area (Å²) in [6.07, 6.45) is 7.56. The van der Waals surface area contributed by atoms with Crippen molar-refractivity contribution in [2.24, 2.45) is 5.92 Å². The van der Waals surface area contributed by atoms with Crippen molar-refractivity contribution in [3.8, 4) is 0 Å². The van der Waals surface area contributed by atoms with E-state index in [4.69, 9.17) is 0 Å². The first-order valence-electron chi connectivity index (χ1n) is 10.9. The maximum absolute atomic E-state index is 13.3. The number of hydrogen-bond donors (Lipinski definition) is 1. The topological polar surface area (TPSA) is 104 Å². The summed E-state index contributed by atoms with van der Waals surface area (Å²) in [6.45, 7) is 1.68. The van der Waals surface area contributed by atoms with Crippen molar-refractivity contribution in [1.29, 1.82) is 0 Å². The number of amides is 4. The van der Waals surface area contributed by atoms with Gasteiger partial charge in [-0.1, -0.05) is 32.6 Å². The molecule has 0 aromatic rings. The molecule has 1 N–H and O–H groups in total. The summed E-state index contributed by atoms with van der Waals surface area (Å²) in [5.74, 6) is -0.482. The zero-order valence-electron chi connectivity index (χ0n) is 17.1. The zero-order valence-corrected chi connectivity index (χ0v) is 17.9. The minimum atomic E-state index is -3.14. The first-order chi connectivity index (χ1) is 13.7. The fourth-order valence-electron chi connectivity index (χ4n) is 5.74. The van der Waals surface area contributed by atoms with Crippen LogP contribution >= 0.6 is 0 Å². The van der Waals surface area contributed by atoms with E-state index in [2.05, 4.69) is 5.32 Å². The first kappa shape index (κ1) is 20.6. The largest absolute Gasteiger partial charge is 0.334 e. The number of rotatable bonds is 4. The zero-order chi connectivity index (χ0) is 20.8. The van der Waals surface area contributed by atoms with Gasteiger partial charge in [0.15, 0.2) is 9.84 Å². The molecule has 0 bridgehead atoms. The molecule has 4 rings (SSSR count). The molecule has 0 aromatic heterocycles. The highest BCUT2D eigenvalue weighted by Gasteiger charge is 2.55. The van der Waals surface area contributed by atoms with Crippen LogP contribution in [0.2, 0.25) is 0 Å². The van der Waals surface area contributed by atoms with E-state index in [0.717, 1.165) is 49.8 Å². The molecule has 2 aliphatic carbocycles. The van der Waals surface area contributed by atoms with Gasteiger partial charge in [-0.05, 0) is 38.0 Å². The molecule has 3 atom stereocenters. The van der Waals surface area contributed by atoms with Crippen molar-refractivity contribution in [3.05, 3.63) is 0 Å². The molecule has 0 unspecified atom stereocenters. The number of nitrogens with zero attached hydrogens (tertiary/aromatic N) is 2. The first-order valence-corrected chi connectivity index (χ1v) is 12.7. The van der Waals surface area contributed by atoms with Gasteiger partial charge in [0, 0.05) is 12.1 Å². The molecule has 2 saturated heterocycles. The molecule has 0 aromatic carbocycles. The van der Waals surface area contributed by atoms with E-state index in [1.165, 1.54) is 0 Å². The van der Waals surface area contributed by atoms with Crippen LogP contribution in [0.15, 0.2) is 0 Å². The van der Waals surface area contributed by atoms with Gasteiger partial charge in [0.25, 0.3) is 5.91 Å². The molecule has 29 heavy (non-hydrogen) atoms. The van der Waals surface area contributed by atoms with Crippen molar-refractivity contribution in [2.45, 2.75) is 82.3 Å². The predicted octanol–water partition coefficient (Wildman–Crippen LogP) is 1.45. The number of hydrogen-bond acceptors (Lipinski definition) is 5. The van der Waals surface area contributed by atoms with E-state index in [1.54, 1.807) is 4.90 Å². The summed E-state index contributed by atoms with van der Waals surface area (Å²) in [5.41, 5.74) is -0.884. The van der Waals surface area contributed by atoms with E-state index >= 15 is 0 Å². The fraction of sp³-hybridized carbons (Fsp3) is 0.850. The summed E-state index contributed by atoms with van der Waals surface area (Å²) in [4.78, 5) is 41.9. The Balaban J connectivity index is 1.53. The average molecular weight is 426 g/mol. The Kier molecular flexibility index (Phi) is 5.38. The molecule has 162 valence electrons. The van der Waals surface area contributed by atoms with Gasteiger partial charge in [-0.2, -0.15) is 0 Å². The third-order valence-corrected chi connectivity index (χ3v) is 9.15. The number of nitrogens with one attached hydrogen (secondary N) is 1. The molecule has 2 saturated carbocycles. The van der Waals surface area contributed by atoms with Crippen molar-refractivity contribution in [1.82, 2.24) is 15.1 Å². The Labute approximate surface area is 172 Å². The fourth-order valence-corrected chi connectivity index (χ4v) is 7.45. The molecule has 1 spiro atoms. The summed E-state index contributed by atoms with van der Waals surface area (Å²) >= 11 is 0. The van der Waals surface area contributed by atoms with Gasteiger partial charge < -0.3 is 10.2 Å². The second-order valence-electron chi connectivity index (χ2n) is 9.24. The van der Waals surface area contributed by atoms with Crippen LogP contribution in [0.5, 0.6) is 0 Å². The lowest BCUT2D eigenvalue weighted by Crippen LogP contribution is -2.55. The third kappa shape index (κ3) is 3.66. The molecule has 4 aliphatic rings. The minimum absolute atomic E-state index is 0.00382. The van der Waals surface area contributed by atoms with Gasteiger partial charge in [0.2, 0.25) is 5.91 Å². The van der Waals surface area contributed by atoms with Gasteiger partial charge in [-0.3, -0.25) is 14.5 Å². The quantitative estimate of drug-likeness (QED) is 0.687. The van der Waals surface area contributed by atoms with E-state index in [-0.39, 0.29) is 47.9 Å². The van der Waals surface area contributed by atoms with Gasteiger partial charge in [-0.15, -0.1) is 0 Å². The third-order valence-electron chi connectivity index (χ3n) is 7.40. The Morgan fingerprint density at radius 2 is 1.79 bits per heavy atom. The highest BCUT2D eigenvalue weighted by Crippen LogP contribution is 2.38. The minimum Gasteiger partial charge on any atom is -0.334 e. The van der Waals surface area contributed by atoms with E-state index in [9.17, 15) is 22.8 Å². The van der Waals surface area contributed by atoms with Crippen LogP contribution in [0.4, 0.5) is 4.79 Å². The highest BCUT2D eigenvalue weighted by molar-refractivity contribution is 7.91. The standard InChI is InChI=1S/C20H31N3O5S/c1-14-6-4-5-10-20(14)18(25)22(19(26)21-20)12-17(24)23(15-7-2-3-8-15)16-9-11-29(27,28)13-16/h14-16H,2-13H2,1H3,(H,21,26)/t14-,16-,20+/m1/s1. The lowest BCUT2D eigenvalue weighted by atomic mass is 9.73. The van der Waals surface area contributed by atoms with Crippen LogP contribution in [0.25, 0.3) is 0 Å². The summed E-state index contributed by atoms with van der Waals surface area (Å²) in [5, 5.41) is 2.89. The summed E-state index contributed by atoms with van der Waals surface area (Å²) in [6, 6.07) is -0.842. The Hall–Kier alpha value is -1.64. The van der Waals surface area contributed by atoms with Gasteiger partial charge in [-0.25, -0.2) is 13.2 Å². The molecule has 9 heteroatoms. The van der Waals surface area contributed by atoms with E-state index in [1.807, 2.05) is 6.92 Å². The Morgan fingerprint density at radius 3 is 2.41 bits per heavy atom.